The first-order valence-corrected chi connectivity index (χ1v) is 5.22. The van der Waals surface area contributed by atoms with E-state index in [4.69, 9.17) is 5.11 Å². The maximum absolute atomic E-state index is 10.7. The zero-order chi connectivity index (χ0) is 11.6. The summed E-state index contributed by atoms with van der Waals surface area (Å²) >= 11 is 0. The summed E-state index contributed by atoms with van der Waals surface area (Å²) in [5, 5.41) is 8.80. The molecule has 0 aromatic rings. The standard InChI is InChI=1S/C10H21N3O2/c1-11(2)8-5-9(12(3)6-8)7-13(4)10(14)15/h8-9H,5-7H2,1-4H3,(H,14,15). The smallest absolute Gasteiger partial charge is 0.407 e. The van der Waals surface area contributed by atoms with E-state index in [1.807, 2.05) is 0 Å². The van der Waals surface area contributed by atoms with Gasteiger partial charge in [-0.2, -0.15) is 0 Å². The fourth-order valence-electron chi connectivity index (χ4n) is 2.03. The Labute approximate surface area is 91.3 Å². The predicted molar refractivity (Wildman–Crippen MR) is 59.2 cm³/mol. The van der Waals surface area contributed by atoms with Gasteiger partial charge in [-0.3, -0.25) is 0 Å². The summed E-state index contributed by atoms with van der Waals surface area (Å²) in [4.78, 5) is 16.5. The molecule has 1 aliphatic rings. The Bertz CT molecular complexity index is 233. The van der Waals surface area contributed by atoms with Crippen molar-refractivity contribution in [2.75, 3.05) is 41.3 Å². The van der Waals surface area contributed by atoms with Crippen LogP contribution >= 0.6 is 0 Å². The van der Waals surface area contributed by atoms with Gasteiger partial charge in [-0.25, -0.2) is 4.79 Å². The molecule has 1 heterocycles. The highest BCUT2D eigenvalue weighted by Gasteiger charge is 2.31. The molecule has 15 heavy (non-hydrogen) atoms. The van der Waals surface area contributed by atoms with E-state index in [0.717, 1.165) is 13.0 Å². The quantitative estimate of drug-likeness (QED) is 0.732. The molecule has 5 nitrogen and oxygen atoms in total. The molecule has 1 saturated heterocycles. The van der Waals surface area contributed by atoms with Gasteiger partial charge in [0, 0.05) is 32.2 Å². The summed E-state index contributed by atoms with van der Waals surface area (Å²) in [5.41, 5.74) is 0. The molecule has 0 spiro atoms. The largest absolute Gasteiger partial charge is 0.465 e. The Morgan fingerprint density at radius 3 is 2.47 bits per heavy atom. The molecule has 88 valence electrons. The number of likely N-dealkylation sites (tertiary alicyclic amines) is 1. The maximum Gasteiger partial charge on any atom is 0.407 e. The molecular formula is C10H21N3O2. The number of hydrogen-bond acceptors (Lipinski definition) is 3. The minimum absolute atomic E-state index is 0.346. The van der Waals surface area contributed by atoms with Crippen LogP contribution in [0.5, 0.6) is 0 Å². The molecular weight excluding hydrogens is 194 g/mol. The van der Waals surface area contributed by atoms with Crippen LogP contribution in [-0.2, 0) is 0 Å². The number of amides is 1. The Hall–Kier alpha value is -0.810. The molecule has 5 heteroatoms. The second-order valence-corrected chi connectivity index (χ2v) is 4.61. The Morgan fingerprint density at radius 2 is 2.07 bits per heavy atom. The van der Waals surface area contributed by atoms with Crippen molar-refractivity contribution in [3.8, 4) is 0 Å². The number of carboxylic acid groups (broad SMARTS) is 1. The van der Waals surface area contributed by atoms with Gasteiger partial charge in [-0.05, 0) is 27.6 Å². The lowest BCUT2D eigenvalue weighted by Gasteiger charge is -2.23. The van der Waals surface area contributed by atoms with Crippen molar-refractivity contribution in [3.05, 3.63) is 0 Å². The van der Waals surface area contributed by atoms with E-state index < -0.39 is 6.09 Å². The maximum atomic E-state index is 10.7. The number of rotatable bonds is 3. The van der Waals surface area contributed by atoms with Gasteiger partial charge in [0.1, 0.15) is 0 Å². The zero-order valence-corrected chi connectivity index (χ0v) is 9.97. The van der Waals surface area contributed by atoms with Gasteiger partial charge in [0.15, 0.2) is 0 Å². The van der Waals surface area contributed by atoms with Crippen molar-refractivity contribution in [2.45, 2.75) is 18.5 Å². The van der Waals surface area contributed by atoms with Gasteiger partial charge in [0.25, 0.3) is 0 Å². The molecule has 0 radical (unpaired) electrons. The van der Waals surface area contributed by atoms with E-state index in [2.05, 4.69) is 30.9 Å². The molecule has 0 saturated carbocycles. The predicted octanol–water partition coefficient (Wildman–Crippen LogP) is 0.231. The molecule has 0 aromatic carbocycles. The first-order valence-electron chi connectivity index (χ1n) is 5.22. The molecule has 1 fully saturated rings. The third-order valence-corrected chi connectivity index (χ3v) is 3.21. The summed E-state index contributed by atoms with van der Waals surface area (Å²) in [6.07, 6.45) is 0.193. The SMILES string of the molecule is CN(CC1CC(N(C)C)CN1C)C(=O)O. The highest BCUT2D eigenvalue weighted by Crippen LogP contribution is 2.19. The molecule has 2 atom stereocenters. The number of nitrogens with zero attached hydrogens (tertiary/aromatic N) is 3. The monoisotopic (exact) mass is 215 g/mol. The first kappa shape index (κ1) is 12.3. The summed E-state index contributed by atoms with van der Waals surface area (Å²) in [6, 6.07) is 0.890. The van der Waals surface area contributed by atoms with Crippen LogP contribution in [0.3, 0.4) is 0 Å². The van der Waals surface area contributed by atoms with Gasteiger partial charge in [0.2, 0.25) is 0 Å². The van der Waals surface area contributed by atoms with Crippen LogP contribution in [0.1, 0.15) is 6.42 Å². The van der Waals surface area contributed by atoms with Gasteiger partial charge >= 0.3 is 6.09 Å². The van der Waals surface area contributed by atoms with E-state index in [9.17, 15) is 4.79 Å². The summed E-state index contributed by atoms with van der Waals surface area (Å²) in [5.74, 6) is 0. The van der Waals surface area contributed by atoms with Crippen LogP contribution in [0, 0.1) is 0 Å². The van der Waals surface area contributed by atoms with Gasteiger partial charge < -0.3 is 19.8 Å². The second-order valence-electron chi connectivity index (χ2n) is 4.61. The number of hydrogen-bond donors (Lipinski definition) is 1. The third-order valence-electron chi connectivity index (χ3n) is 3.21. The van der Waals surface area contributed by atoms with Gasteiger partial charge in [-0.1, -0.05) is 0 Å². The van der Waals surface area contributed by atoms with E-state index >= 15 is 0 Å². The van der Waals surface area contributed by atoms with Crippen molar-refractivity contribution in [3.63, 3.8) is 0 Å². The second kappa shape index (κ2) is 4.81. The van der Waals surface area contributed by atoms with Crippen LogP contribution in [-0.4, -0.2) is 79.3 Å². The average Bonchev–Trinajstić information content (AvgIpc) is 2.47. The van der Waals surface area contributed by atoms with Crippen LogP contribution in [0.15, 0.2) is 0 Å². The van der Waals surface area contributed by atoms with Crippen LogP contribution in [0.4, 0.5) is 4.79 Å². The minimum Gasteiger partial charge on any atom is -0.465 e. The lowest BCUT2D eigenvalue weighted by molar-refractivity contribution is 0.143. The van der Waals surface area contributed by atoms with Crippen molar-refractivity contribution in [1.82, 2.24) is 14.7 Å². The highest BCUT2D eigenvalue weighted by molar-refractivity contribution is 5.64. The van der Waals surface area contributed by atoms with E-state index in [-0.39, 0.29) is 0 Å². The highest BCUT2D eigenvalue weighted by atomic mass is 16.4. The van der Waals surface area contributed by atoms with Crippen LogP contribution in [0.2, 0.25) is 0 Å². The topological polar surface area (TPSA) is 47.0 Å². The number of carbonyl (C=O) groups is 1. The molecule has 2 unspecified atom stereocenters. The molecule has 0 bridgehead atoms. The van der Waals surface area contributed by atoms with Gasteiger partial charge in [0.05, 0.1) is 0 Å². The normalized spacial score (nSPS) is 27.3. The van der Waals surface area contributed by atoms with Gasteiger partial charge in [-0.15, -0.1) is 0 Å². The van der Waals surface area contributed by atoms with E-state index in [0.29, 0.717) is 18.6 Å². The minimum atomic E-state index is -0.850. The molecule has 1 N–H and O–H groups in total. The van der Waals surface area contributed by atoms with E-state index in [1.54, 1.807) is 7.05 Å². The van der Waals surface area contributed by atoms with Crippen molar-refractivity contribution in [2.24, 2.45) is 0 Å². The summed E-state index contributed by atoms with van der Waals surface area (Å²) in [7, 11) is 7.83. The molecule has 0 aromatic heterocycles. The molecule has 1 rings (SSSR count). The lowest BCUT2D eigenvalue weighted by Crippen LogP contribution is -2.38. The fraction of sp³-hybridized carbons (Fsp3) is 0.900. The molecule has 1 amide bonds. The average molecular weight is 215 g/mol. The zero-order valence-electron chi connectivity index (χ0n) is 9.97. The Balaban J connectivity index is 2.47. The Kier molecular flexibility index (Phi) is 3.93. The van der Waals surface area contributed by atoms with Crippen molar-refractivity contribution in [1.29, 1.82) is 0 Å². The molecule has 0 aliphatic carbocycles. The van der Waals surface area contributed by atoms with Crippen LogP contribution < -0.4 is 0 Å². The van der Waals surface area contributed by atoms with E-state index in [1.165, 1.54) is 4.90 Å². The molecule has 1 aliphatic heterocycles. The summed E-state index contributed by atoms with van der Waals surface area (Å²) < 4.78 is 0. The first-order chi connectivity index (χ1) is 6.91. The Morgan fingerprint density at radius 1 is 1.47 bits per heavy atom. The fourth-order valence-corrected chi connectivity index (χ4v) is 2.03. The third kappa shape index (κ3) is 3.07. The summed E-state index contributed by atoms with van der Waals surface area (Å²) in [6.45, 7) is 1.61. The lowest BCUT2D eigenvalue weighted by atomic mass is 10.1. The van der Waals surface area contributed by atoms with Crippen molar-refractivity contribution >= 4 is 6.09 Å². The number of likely N-dealkylation sites (N-methyl/N-ethyl adjacent to an activating group) is 3. The van der Waals surface area contributed by atoms with Crippen LogP contribution in [0.25, 0.3) is 0 Å². The van der Waals surface area contributed by atoms with Crippen molar-refractivity contribution < 1.29 is 9.90 Å².